The third kappa shape index (κ3) is 6.07. The van der Waals surface area contributed by atoms with Gasteiger partial charge in [0.1, 0.15) is 12.6 Å². The summed E-state index contributed by atoms with van der Waals surface area (Å²) in [6.07, 6.45) is 3.12. The molecule has 1 aromatic carbocycles. The van der Waals surface area contributed by atoms with Gasteiger partial charge >= 0.3 is 12.0 Å². The zero-order valence-corrected chi connectivity index (χ0v) is 15.7. The molecule has 0 heterocycles. The van der Waals surface area contributed by atoms with Gasteiger partial charge < -0.3 is 15.4 Å². The van der Waals surface area contributed by atoms with E-state index in [0.717, 1.165) is 24.8 Å². The van der Waals surface area contributed by atoms with E-state index in [1.165, 1.54) is 0 Å². The number of nitrogens with one attached hydrogen (secondary N) is 2. The van der Waals surface area contributed by atoms with Crippen LogP contribution >= 0.6 is 0 Å². The summed E-state index contributed by atoms with van der Waals surface area (Å²) in [5, 5.41) is 5.79. The van der Waals surface area contributed by atoms with Crippen molar-refractivity contribution < 1.29 is 14.3 Å². The van der Waals surface area contributed by atoms with E-state index in [1.807, 2.05) is 51.1 Å². The predicted octanol–water partition coefficient (Wildman–Crippen LogP) is 3.63. The van der Waals surface area contributed by atoms with Crippen molar-refractivity contribution in [2.75, 3.05) is 0 Å². The monoisotopic (exact) mass is 346 g/mol. The molecule has 1 aromatic rings. The molecule has 5 nitrogen and oxygen atoms in total. The summed E-state index contributed by atoms with van der Waals surface area (Å²) in [6.45, 7) is 8.15. The average molecular weight is 346 g/mol. The Bertz CT molecular complexity index is 580. The molecule has 1 saturated carbocycles. The number of amides is 2. The van der Waals surface area contributed by atoms with Crippen LogP contribution in [0.25, 0.3) is 0 Å². The minimum Gasteiger partial charge on any atom is -0.459 e. The molecule has 138 valence electrons. The summed E-state index contributed by atoms with van der Waals surface area (Å²) < 4.78 is 5.42. The molecule has 2 amide bonds. The molecule has 2 rings (SSSR count). The lowest BCUT2D eigenvalue weighted by molar-refractivity contribution is -0.150. The molecule has 0 saturated heterocycles. The molecule has 1 aliphatic rings. The van der Waals surface area contributed by atoms with Gasteiger partial charge in [0.25, 0.3) is 0 Å². The molecule has 1 aliphatic carbocycles. The summed E-state index contributed by atoms with van der Waals surface area (Å²) in [5.41, 5.74) is 0.488. The highest BCUT2D eigenvalue weighted by Crippen LogP contribution is 2.25. The Morgan fingerprint density at radius 3 is 2.44 bits per heavy atom. The van der Waals surface area contributed by atoms with Crippen LogP contribution in [0.5, 0.6) is 0 Å². The number of ether oxygens (including phenoxy) is 1. The Labute approximate surface area is 150 Å². The first-order chi connectivity index (χ1) is 11.8. The minimum atomic E-state index is -0.699. The van der Waals surface area contributed by atoms with Crippen molar-refractivity contribution in [1.29, 1.82) is 0 Å². The highest BCUT2D eigenvalue weighted by molar-refractivity contribution is 5.84. The van der Waals surface area contributed by atoms with Gasteiger partial charge in [-0.1, -0.05) is 58.0 Å². The number of rotatable bonds is 5. The van der Waals surface area contributed by atoms with E-state index < -0.39 is 17.4 Å². The van der Waals surface area contributed by atoms with Crippen LogP contribution < -0.4 is 10.6 Å². The van der Waals surface area contributed by atoms with Crippen LogP contribution in [-0.2, 0) is 16.1 Å². The summed E-state index contributed by atoms with van der Waals surface area (Å²) in [6, 6.07) is 8.72. The lowest BCUT2D eigenvalue weighted by Gasteiger charge is -2.30. The van der Waals surface area contributed by atoms with Gasteiger partial charge in [0, 0.05) is 6.04 Å². The average Bonchev–Trinajstić information content (AvgIpc) is 2.95. The molecule has 2 unspecified atom stereocenters. The first-order valence-electron chi connectivity index (χ1n) is 9.03. The number of benzene rings is 1. The third-order valence-corrected chi connectivity index (χ3v) is 4.63. The highest BCUT2D eigenvalue weighted by atomic mass is 16.5. The van der Waals surface area contributed by atoms with Crippen molar-refractivity contribution in [3.05, 3.63) is 35.9 Å². The Hall–Kier alpha value is -2.04. The second kappa shape index (κ2) is 8.37. The quantitative estimate of drug-likeness (QED) is 0.800. The molecule has 0 spiro atoms. The van der Waals surface area contributed by atoms with Gasteiger partial charge in [0.05, 0.1) is 0 Å². The highest BCUT2D eigenvalue weighted by Gasteiger charge is 2.35. The van der Waals surface area contributed by atoms with E-state index in [9.17, 15) is 9.59 Å². The number of urea groups is 1. The molecular weight excluding hydrogens is 316 g/mol. The number of hydrogen-bond acceptors (Lipinski definition) is 3. The number of esters is 1. The lowest BCUT2D eigenvalue weighted by atomic mass is 9.87. The van der Waals surface area contributed by atoms with Crippen LogP contribution in [0.3, 0.4) is 0 Å². The SMILES string of the molecule is C[C@H]1CCC(NC(=O)NC(C(=O)OCc2ccccc2)C(C)(C)C)C1. The first-order valence-corrected chi connectivity index (χ1v) is 9.03. The van der Waals surface area contributed by atoms with E-state index in [4.69, 9.17) is 4.74 Å². The molecule has 1 fully saturated rings. The number of carbonyl (C=O) groups is 2. The van der Waals surface area contributed by atoms with Crippen molar-refractivity contribution in [2.45, 2.75) is 65.6 Å². The van der Waals surface area contributed by atoms with Gasteiger partial charge in [-0.05, 0) is 36.2 Å². The van der Waals surface area contributed by atoms with Crippen LogP contribution in [-0.4, -0.2) is 24.1 Å². The smallest absolute Gasteiger partial charge is 0.329 e. The summed E-state index contributed by atoms with van der Waals surface area (Å²) in [4.78, 5) is 24.8. The molecular formula is C20H30N2O3. The molecule has 0 aliphatic heterocycles. The maximum Gasteiger partial charge on any atom is 0.329 e. The van der Waals surface area contributed by atoms with Crippen molar-refractivity contribution >= 4 is 12.0 Å². The zero-order valence-electron chi connectivity index (χ0n) is 15.7. The standard InChI is InChI=1S/C20H30N2O3/c1-14-10-11-16(12-14)21-19(24)22-17(20(2,3)4)18(23)25-13-15-8-6-5-7-9-15/h5-9,14,16-17H,10-13H2,1-4H3,(H2,21,22,24)/t14-,16?,17?/m0/s1. The minimum absolute atomic E-state index is 0.191. The Kier molecular flexibility index (Phi) is 6.45. The maximum absolute atomic E-state index is 12.5. The summed E-state index contributed by atoms with van der Waals surface area (Å²) >= 11 is 0. The maximum atomic E-state index is 12.5. The van der Waals surface area contributed by atoms with Gasteiger partial charge in [-0.15, -0.1) is 0 Å². The van der Waals surface area contributed by atoms with E-state index in [2.05, 4.69) is 17.6 Å². The second-order valence-electron chi connectivity index (χ2n) is 8.13. The van der Waals surface area contributed by atoms with Crippen molar-refractivity contribution in [3.63, 3.8) is 0 Å². The fraction of sp³-hybridized carbons (Fsp3) is 0.600. The normalized spacial score (nSPS) is 21.4. The molecule has 5 heteroatoms. The van der Waals surface area contributed by atoms with Gasteiger partial charge in [0.15, 0.2) is 0 Å². The van der Waals surface area contributed by atoms with Crippen LogP contribution in [0.1, 0.15) is 52.5 Å². The van der Waals surface area contributed by atoms with E-state index >= 15 is 0 Å². The zero-order chi connectivity index (χ0) is 18.4. The Balaban J connectivity index is 1.91. The van der Waals surface area contributed by atoms with Gasteiger partial charge in [-0.2, -0.15) is 0 Å². The van der Waals surface area contributed by atoms with E-state index in [1.54, 1.807) is 0 Å². The molecule has 0 radical (unpaired) electrons. The molecule has 0 aromatic heterocycles. The predicted molar refractivity (Wildman–Crippen MR) is 98.0 cm³/mol. The van der Waals surface area contributed by atoms with Gasteiger partial charge in [-0.25, -0.2) is 9.59 Å². The fourth-order valence-corrected chi connectivity index (χ4v) is 3.14. The van der Waals surface area contributed by atoms with Gasteiger partial charge in [0.2, 0.25) is 0 Å². The topological polar surface area (TPSA) is 67.4 Å². The second-order valence-corrected chi connectivity index (χ2v) is 8.13. The van der Waals surface area contributed by atoms with Crippen LogP contribution in [0.15, 0.2) is 30.3 Å². The molecule has 0 bridgehead atoms. The van der Waals surface area contributed by atoms with E-state index in [-0.39, 0.29) is 18.7 Å². The number of hydrogen-bond donors (Lipinski definition) is 2. The van der Waals surface area contributed by atoms with Crippen molar-refractivity contribution in [1.82, 2.24) is 10.6 Å². The van der Waals surface area contributed by atoms with E-state index in [0.29, 0.717) is 5.92 Å². The first kappa shape index (κ1) is 19.3. The Morgan fingerprint density at radius 2 is 1.88 bits per heavy atom. The van der Waals surface area contributed by atoms with Crippen molar-refractivity contribution in [3.8, 4) is 0 Å². The van der Waals surface area contributed by atoms with Crippen LogP contribution in [0.2, 0.25) is 0 Å². The summed E-state index contributed by atoms with van der Waals surface area (Å²) in [5.74, 6) is 0.228. The van der Waals surface area contributed by atoms with Gasteiger partial charge in [-0.3, -0.25) is 0 Å². The fourth-order valence-electron chi connectivity index (χ4n) is 3.14. The van der Waals surface area contributed by atoms with Crippen LogP contribution in [0, 0.1) is 11.3 Å². The molecule has 25 heavy (non-hydrogen) atoms. The van der Waals surface area contributed by atoms with Crippen molar-refractivity contribution in [2.24, 2.45) is 11.3 Å². The lowest BCUT2D eigenvalue weighted by Crippen LogP contribution is -2.54. The van der Waals surface area contributed by atoms with Crippen LogP contribution in [0.4, 0.5) is 4.79 Å². The Morgan fingerprint density at radius 1 is 1.20 bits per heavy atom. The largest absolute Gasteiger partial charge is 0.459 e. The molecule has 2 N–H and O–H groups in total. The number of carbonyl (C=O) groups excluding carboxylic acids is 2. The summed E-state index contributed by atoms with van der Waals surface area (Å²) in [7, 11) is 0. The molecule has 3 atom stereocenters. The third-order valence-electron chi connectivity index (χ3n) is 4.63.